The third kappa shape index (κ3) is 16.4. The highest BCUT2D eigenvalue weighted by Gasteiger charge is 2.54. The minimum atomic E-state index is -2.07. The van der Waals surface area contributed by atoms with Crippen LogP contribution in [0.15, 0.2) is 47.5 Å². The molecule has 8 rings (SSSR count). The van der Waals surface area contributed by atoms with Crippen LogP contribution in [0.5, 0.6) is 5.75 Å². The molecule has 2 aromatic rings. The summed E-state index contributed by atoms with van der Waals surface area (Å²) in [5.41, 5.74) is 2.41. The van der Waals surface area contributed by atoms with Crippen molar-refractivity contribution in [1.82, 2.24) is 30.7 Å². The highest BCUT2D eigenvalue weighted by atomic mass is 32.1. The van der Waals surface area contributed by atoms with E-state index in [1.807, 2.05) is 30.0 Å². The van der Waals surface area contributed by atoms with Crippen molar-refractivity contribution >= 4 is 55.4 Å². The fourth-order valence-electron chi connectivity index (χ4n) is 12.4. The number of ether oxygens (including phenoxy) is 4. The molecular weight excluding hydrogens is 1110 g/mol. The second kappa shape index (κ2) is 27.2. The number of hydrogen-bond acceptors (Lipinski definition) is 15. The van der Waals surface area contributed by atoms with Crippen LogP contribution in [0.2, 0.25) is 18.1 Å². The molecule has 0 radical (unpaired) electrons. The first-order valence-corrected chi connectivity index (χ1v) is 34.4. The number of thiazole rings is 1. The van der Waals surface area contributed by atoms with E-state index in [4.69, 9.17) is 23.4 Å². The van der Waals surface area contributed by atoms with Gasteiger partial charge in [-0.1, -0.05) is 85.8 Å². The van der Waals surface area contributed by atoms with Gasteiger partial charge in [0.25, 0.3) is 11.8 Å². The van der Waals surface area contributed by atoms with Gasteiger partial charge >= 0.3 is 12.1 Å². The zero-order valence-corrected chi connectivity index (χ0v) is 53.2. The molecular formula is C63H93FN6O12SSi. The van der Waals surface area contributed by atoms with Crippen LogP contribution >= 0.6 is 11.3 Å². The molecule has 1 saturated carbocycles. The average molecular weight is 1210 g/mol. The number of nitrogens with zero attached hydrogens (tertiary/aromatic N) is 3. The first kappa shape index (κ1) is 64.8. The summed E-state index contributed by atoms with van der Waals surface area (Å²) in [5, 5.41) is 19.5. The molecule has 3 saturated heterocycles. The molecule has 3 aliphatic heterocycles. The number of allylic oxidation sites excluding steroid dienone is 3. The first-order chi connectivity index (χ1) is 39.6. The standard InChI is InChI=1S/C63H93FN6O12SSi/c1-38-27-42-15-14-39(2)48(19-18-46-31-47(32-53(73)80-46)82-84(10,11)62(7,8)9)54(42)51(28-38)81-60(77)79-36-65-24-12-13-41-20-25-69(26-21-41)52(72)35-78-50-29-43(55-40(3)67-37-83-55)16-17-44(50)33-66-57(74)49-30-45(71)34-70(49)58(75)56(61(4,5)6)68-59(76)63(64)22-23-63/h14-17,27,29,37-39,41,45-49,51,54,56,65,71H,12-13,18-26,28,30-36H2,1-11H3,(H,66,74)(H,68,76)/t38-,39-,45-,46-,47-,48-,49+,51-,54-,56-/m0/s1. The van der Waals surface area contributed by atoms with Crippen LogP contribution in [0.25, 0.3) is 10.4 Å². The van der Waals surface area contributed by atoms with Crippen molar-refractivity contribution in [2.24, 2.45) is 35.0 Å². The predicted octanol–water partition coefficient (Wildman–Crippen LogP) is 9.48. The van der Waals surface area contributed by atoms with E-state index < -0.39 is 61.5 Å². The normalized spacial score (nSPS) is 26.6. The van der Waals surface area contributed by atoms with Gasteiger partial charge in [0, 0.05) is 50.5 Å². The molecule has 1 aromatic carbocycles. The monoisotopic (exact) mass is 1200 g/mol. The number of cyclic esters (lactones) is 1. The molecule has 3 aliphatic carbocycles. The van der Waals surface area contributed by atoms with E-state index in [9.17, 15) is 38.3 Å². The molecule has 1 aromatic heterocycles. The number of carbonyl (C=O) groups is 6. The van der Waals surface area contributed by atoms with Crippen LogP contribution < -0.4 is 20.7 Å². The molecule has 10 atom stereocenters. The molecule has 0 bridgehead atoms. The van der Waals surface area contributed by atoms with Gasteiger partial charge in [0.1, 0.15) is 36.8 Å². The van der Waals surface area contributed by atoms with Crippen LogP contribution in [-0.2, 0) is 49.2 Å². The van der Waals surface area contributed by atoms with E-state index in [0.717, 1.165) is 54.7 Å². The van der Waals surface area contributed by atoms with Crippen molar-refractivity contribution in [2.45, 2.75) is 206 Å². The molecule has 0 spiro atoms. The van der Waals surface area contributed by atoms with Crippen molar-refractivity contribution in [2.75, 3.05) is 39.5 Å². The van der Waals surface area contributed by atoms with Gasteiger partial charge in [-0.2, -0.15) is 0 Å². The third-order valence-corrected chi connectivity index (χ3v) is 24.1. The maximum absolute atomic E-state index is 14.7. The van der Waals surface area contributed by atoms with Gasteiger partial charge in [0.2, 0.25) is 11.8 Å². The van der Waals surface area contributed by atoms with Crippen LogP contribution in [0.1, 0.15) is 144 Å². The summed E-state index contributed by atoms with van der Waals surface area (Å²) >= 11 is 1.48. The molecule has 464 valence electrons. The number of hydrogen-bond donors (Lipinski definition) is 4. The van der Waals surface area contributed by atoms with Gasteiger partial charge in [-0.25, -0.2) is 14.2 Å². The number of aliphatic hydroxyl groups is 1. The third-order valence-electron chi connectivity index (χ3n) is 18.6. The zero-order valence-electron chi connectivity index (χ0n) is 51.4. The smallest absolute Gasteiger partial charge is 0.483 e. The molecule has 4 N–H and O–H groups in total. The van der Waals surface area contributed by atoms with Gasteiger partial charge in [-0.05, 0) is 136 Å². The lowest BCUT2D eigenvalue weighted by Gasteiger charge is -2.43. The van der Waals surface area contributed by atoms with Crippen molar-refractivity contribution in [3.8, 4) is 16.2 Å². The number of alkyl halides is 1. The molecule has 18 nitrogen and oxygen atoms in total. The highest BCUT2D eigenvalue weighted by Crippen LogP contribution is 2.46. The Bertz CT molecular complexity index is 2750. The van der Waals surface area contributed by atoms with Crippen molar-refractivity contribution in [3.63, 3.8) is 0 Å². The quantitative estimate of drug-likeness (QED) is 0.0373. The van der Waals surface area contributed by atoms with Gasteiger partial charge in [-0.3, -0.25) is 29.3 Å². The number of amides is 4. The first-order valence-electron chi connectivity index (χ1n) is 30.6. The van der Waals surface area contributed by atoms with Gasteiger partial charge in [0.15, 0.2) is 20.6 Å². The molecule has 4 heterocycles. The molecule has 4 amide bonds. The minimum Gasteiger partial charge on any atom is -0.483 e. The van der Waals surface area contributed by atoms with Crippen molar-refractivity contribution in [1.29, 1.82) is 0 Å². The van der Waals surface area contributed by atoms with E-state index in [1.54, 1.807) is 26.3 Å². The van der Waals surface area contributed by atoms with Gasteiger partial charge in [0.05, 0.1) is 34.7 Å². The van der Waals surface area contributed by atoms with Crippen molar-refractivity contribution in [3.05, 3.63) is 58.8 Å². The summed E-state index contributed by atoms with van der Waals surface area (Å²) in [7, 11) is -2.07. The SMILES string of the molecule is Cc1ncsc1-c1ccc(CNC(=O)[C@H]2C[C@H](O)CN2C(=O)[C@H](NC(=O)C2(F)CC2)C(C)(C)C)c(OCC(=O)N2CCC(CCCNCOC(=O)O[C@H]3C[C@@H](C)C=C4C=C[C@H](C)[C@H](CC[C@H]5C[C@H](O[Si](C)(C)C(C)(C)C)CC(=O)O5)[C@H]43)CC2)c1. The fourth-order valence-corrected chi connectivity index (χ4v) is 14.6. The maximum atomic E-state index is 14.7. The second-order valence-corrected chi connectivity index (χ2v) is 32.9. The Kier molecular flexibility index (Phi) is 21.0. The fraction of sp³-hybridized carbons (Fsp3) is 0.698. The van der Waals surface area contributed by atoms with Crippen molar-refractivity contribution < 1.29 is 61.6 Å². The lowest BCUT2D eigenvalue weighted by molar-refractivity contribution is -0.160. The Morgan fingerprint density at radius 2 is 1.75 bits per heavy atom. The van der Waals surface area contributed by atoms with Crippen LogP contribution in [0.3, 0.4) is 0 Å². The number of likely N-dealkylation sites (tertiary alicyclic amines) is 2. The van der Waals surface area contributed by atoms with Gasteiger partial charge in [-0.15, -0.1) is 11.3 Å². The van der Waals surface area contributed by atoms with Crippen LogP contribution in [0, 0.1) is 41.9 Å². The number of aromatic nitrogens is 1. The number of fused-ring (bicyclic) bond motifs is 1. The van der Waals surface area contributed by atoms with Crippen LogP contribution in [-0.4, -0.2) is 146 Å². The van der Waals surface area contributed by atoms with E-state index >= 15 is 0 Å². The Hall–Kier alpha value is -5.22. The Morgan fingerprint density at radius 1 is 1.01 bits per heavy atom. The molecule has 21 heteroatoms. The number of piperidine rings is 1. The molecule has 0 unspecified atom stereocenters. The number of aryl methyl sites for hydroxylation is 1. The van der Waals surface area contributed by atoms with Gasteiger partial charge < -0.3 is 48.9 Å². The number of halogens is 1. The molecule has 84 heavy (non-hydrogen) atoms. The van der Waals surface area contributed by atoms with Crippen LogP contribution in [0.4, 0.5) is 9.18 Å². The van der Waals surface area contributed by atoms with E-state index in [0.29, 0.717) is 56.1 Å². The van der Waals surface area contributed by atoms with E-state index in [1.165, 1.54) is 21.8 Å². The number of rotatable bonds is 22. The Balaban J connectivity index is 0.766. The maximum Gasteiger partial charge on any atom is 0.509 e. The summed E-state index contributed by atoms with van der Waals surface area (Å²) in [4.78, 5) is 88.9. The number of esters is 1. The largest absolute Gasteiger partial charge is 0.509 e. The zero-order chi connectivity index (χ0) is 60.9. The number of aliphatic hydroxyl groups excluding tert-OH is 1. The summed E-state index contributed by atoms with van der Waals surface area (Å²) in [6, 6.07) is 3.39. The number of β-amino-alcohol motifs (C(OH)–C–C–N with tert-alkyl or cyclic N) is 1. The average Bonchev–Trinajstić information content (AvgIpc) is 4.07. The molecule has 4 fully saturated rings. The van der Waals surface area contributed by atoms with E-state index in [2.05, 4.69) is 86.9 Å². The number of carbonyl (C=O) groups excluding carboxylic acids is 6. The number of benzene rings is 1. The lowest BCUT2D eigenvalue weighted by Crippen LogP contribution is -2.59. The number of nitrogens with one attached hydrogen (secondary N) is 3. The predicted molar refractivity (Wildman–Crippen MR) is 321 cm³/mol. The Morgan fingerprint density at radius 3 is 2.43 bits per heavy atom. The minimum absolute atomic E-state index is 0.00502. The highest BCUT2D eigenvalue weighted by molar-refractivity contribution is 7.13. The lowest BCUT2D eigenvalue weighted by atomic mass is 9.65. The summed E-state index contributed by atoms with van der Waals surface area (Å²) < 4.78 is 45.3. The summed E-state index contributed by atoms with van der Waals surface area (Å²) in [6.07, 6.45) is 11.2. The summed E-state index contributed by atoms with van der Waals surface area (Å²) in [5.74, 6) is -0.780. The summed E-state index contributed by atoms with van der Waals surface area (Å²) in [6.45, 7) is 24.1. The second-order valence-electron chi connectivity index (χ2n) is 27.3. The topological polar surface area (TPSA) is 224 Å². The molecule has 6 aliphatic rings. The van der Waals surface area contributed by atoms with E-state index in [-0.39, 0.29) is 105 Å². The Labute approximate surface area is 501 Å².